The number of rotatable bonds is 4. The standard InChI is InChI=1S/C14H20N2/c1-5-12(4)16-14(9-15)13-7-10(2)6-11(3)8-13/h1,6-8,12,14,16H,9,15H2,2-4H3. The average molecular weight is 216 g/mol. The molecule has 1 rings (SSSR count). The van der Waals surface area contributed by atoms with Gasteiger partial charge in [0.1, 0.15) is 0 Å². The first-order valence-corrected chi connectivity index (χ1v) is 5.57. The Morgan fingerprint density at radius 2 is 1.88 bits per heavy atom. The van der Waals surface area contributed by atoms with Crippen molar-refractivity contribution in [3.05, 3.63) is 34.9 Å². The number of terminal acetylenes is 1. The average Bonchev–Trinajstić information content (AvgIpc) is 2.24. The summed E-state index contributed by atoms with van der Waals surface area (Å²) in [6.45, 7) is 6.70. The Morgan fingerprint density at radius 3 is 2.31 bits per heavy atom. The molecule has 2 unspecified atom stereocenters. The van der Waals surface area contributed by atoms with Gasteiger partial charge in [0.15, 0.2) is 0 Å². The molecule has 0 saturated carbocycles. The van der Waals surface area contributed by atoms with Crippen LogP contribution < -0.4 is 11.1 Å². The first-order chi connectivity index (χ1) is 7.56. The van der Waals surface area contributed by atoms with Gasteiger partial charge in [-0.2, -0.15) is 0 Å². The van der Waals surface area contributed by atoms with Gasteiger partial charge in [0, 0.05) is 12.6 Å². The maximum atomic E-state index is 5.78. The molecule has 1 aromatic rings. The topological polar surface area (TPSA) is 38.0 Å². The zero-order valence-electron chi connectivity index (χ0n) is 10.2. The van der Waals surface area contributed by atoms with Crippen molar-refractivity contribution in [3.63, 3.8) is 0 Å². The van der Waals surface area contributed by atoms with Crippen molar-refractivity contribution >= 4 is 0 Å². The molecule has 0 radical (unpaired) electrons. The van der Waals surface area contributed by atoms with Gasteiger partial charge >= 0.3 is 0 Å². The third-order valence-corrected chi connectivity index (χ3v) is 2.58. The Bertz CT molecular complexity index is 370. The molecular formula is C14H20N2. The molecule has 0 saturated heterocycles. The van der Waals surface area contributed by atoms with E-state index in [0.717, 1.165) is 0 Å². The third-order valence-electron chi connectivity index (χ3n) is 2.58. The predicted octanol–water partition coefficient (Wildman–Crippen LogP) is 1.91. The molecule has 0 amide bonds. The van der Waals surface area contributed by atoms with Crippen LogP contribution in [-0.4, -0.2) is 12.6 Å². The highest BCUT2D eigenvalue weighted by Crippen LogP contribution is 2.16. The van der Waals surface area contributed by atoms with Crippen LogP contribution in [0.25, 0.3) is 0 Å². The molecule has 0 aliphatic carbocycles. The van der Waals surface area contributed by atoms with Crippen LogP contribution in [0.3, 0.4) is 0 Å². The molecule has 86 valence electrons. The van der Waals surface area contributed by atoms with E-state index in [-0.39, 0.29) is 12.1 Å². The van der Waals surface area contributed by atoms with E-state index in [2.05, 4.69) is 43.3 Å². The first kappa shape index (κ1) is 12.8. The van der Waals surface area contributed by atoms with Crippen LogP contribution in [0.5, 0.6) is 0 Å². The molecule has 2 heteroatoms. The minimum absolute atomic E-state index is 0.0365. The van der Waals surface area contributed by atoms with Crippen LogP contribution in [0.15, 0.2) is 18.2 Å². The molecule has 0 heterocycles. The highest BCUT2D eigenvalue weighted by atomic mass is 15.0. The van der Waals surface area contributed by atoms with Gasteiger partial charge in [0.05, 0.1) is 6.04 Å². The van der Waals surface area contributed by atoms with Gasteiger partial charge < -0.3 is 5.73 Å². The van der Waals surface area contributed by atoms with Gasteiger partial charge in [-0.15, -0.1) is 6.42 Å². The quantitative estimate of drug-likeness (QED) is 0.755. The van der Waals surface area contributed by atoms with E-state index < -0.39 is 0 Å². The molecule has 0 spiro atoms. The Kier molecular flexibility index (Phi) is 4.54. The van der Waals surface area contributed by atoms with E-state index in [0.29, 0.717) is 6.54 Å². The van der Waals surface area contributed by atoms with Crippen molar-refractivity contribution in [3.8, 4) is 12.3 Å². The summed E-state index contributed by atoms with van der Waals surface area (Å²) in [6, 6.07) is 6.63. The Hall–Kier alpha value is -1.30. The molecule has 2 nitrogen and oxygen atoms in total. The minimum atomic E-state index is 0.0365. The summed E-state index contributed by atoms with van der Waals surface area (Å²) in [5.41, 5.74) is 9.49. The van der Waals surface area contributed by atoms with Crippen molar-refractivity contribution in [1.82, 2.24) is 5.32 Å². The highest BCUT2D eigenvalue weighted by Gasteiger charge is 2.11. The maximum absolute atomic E-state index is 5.78. The van der Waals surface area contributed by atoms with Crippen LogP contribution in [0.4, 0.5) is 0 Å². The van der Waals surface area contributed by atoms with Crippen molar-refractivity contribution < 1.29 is 0 Å². The zero-order valence-corrected chi connectivity index (χ0v) is 10.2. The van der Waals surface area contributed by atoms with E-state index in [1.165, 1.54) is 16.7 Å². The molecule has 1 aromatic carbocycles. The lowest BCUT2D eigenvalue weighted by Gasteiger charge is -2.20. The van der Waals surface area contributed by atoms with Gasteiger partial charge in [0.25, 0.3) is 0 Å². The predicted molar refractivity (Wildman–Crippen MR) is 69.1 cm³/mol. The summed E-state index contributed by atoms with van der Waals surface area (Å²) in [5, 5.41) is 3.33. The summed E-state index contributed by atoms with van der Waals surface area (Å²) in [4.78, 5) is 0. The van der Waals surface area contributed by atoms with Crippen molar-refractivity contribution in [2.75, 3.05) is 6.54 Å². The number of benzene rings is 1. The number of hydrogen-bond donors (Lipinski definition) is 2. The lowest BCUT2D eigenvalue weighted by molar-refractivity contribution is 0.517. The number of nitrogens with one attached hydrogen (secondary N) is 1. The smallest absolute Gasteiger partial charge is 0.0663 e. The van der Waals surface area contributed by atoms with Gasteiger partial charge in [0.2, 0.25) is 0 Å². The number of aryl methyl sites for hydroxylation is 2. The second-order valence-corrected chi connectivity index (χ2v) is 4.26. The Labute approximate surface area is 98.2 Å². The fourth-order valence-corrected chi connectivity index (χ4v) is 1.86. The van der Waals surface area contributed by atoms with Crippen molar-refractivity contribution in [1.29, 1.82) is 0 Å². The van der Waals surface area contributed by atoms with Crippen LogP contribution in [0.1, 0.15) is 29.7 Å². The van der Waals surface area contributed by atoms with E-state index >= 15 is 0 Å². The molecule has 0 aliphatic rings. The molecule has 0 fully saturated rings. The molecular weight excluding hydrogens is 196 g/mol. The monoisotopic (exact) mass is 216 g/mol. The van der Waals surface area contributed by atoms with Crippen LogP contribution in [0.2, 0.25) is 0 Å². The molecule has 16 heavy (non-hydrogen) atoms. The summed E-state index contributed by atoms with van der Waals surface area (Å²) in [5.74, 6) is 2.66. The van der Waals surface area contributed by atoms with Crippen LogP contribution >= 0.6 is 0 Å². The van der Waals surface area contributed by atoms with E-state index in [9.17, 15) is 0 Å². The summed E-state index contributed by atoms with van der Waals surface area (Å²) in [6.07, 6.45) is 5.36. The second kappa shape index (κ2) is 5.69. The molecule has 2 atom stereocenters. The van der Waals surface area contributed by atoms with Gasteiger partial charge in [-0.25, -0.2) is 0 Å². The van der Waals surface area contributed by atoms with Gasteiger partial charge in [-0.3, -0.25) is 5.32 Å². The fourth-order valence-electron chi connectivity index (χ4n) is 1.86. The maximum Gasteiger partial charge on any atom is 0.0663 e. The molecule has 3 N–H and O–H groups in total. The highest BCUT2D eigenvalue weighted by molar-refractivity contribution is 5.31. The largest absolute Gasteiger partial charge is 0.329 e. The molecule has 0 bridgehead atoms. The zero-order chi connectivity index (χ0) is 12.1. The van der Waals surface area contributed by atoms with E-state index in [1.54, 1.807) is 0 Å². The lowest BCUT2D eigenvalue weighted by atomic mass is 10.0. The summed E-state index contributed by atoms with van der Waals surface area (Å²) in [7, 11) is 0. The lowest BCUT2D eigenvalue weighted by Crippen LogP contribution is -2.34. The van der Waals surface area contributed by atoms with E-state index in [4.69, 9.17) is 12.2 Å². The van der Waals surface area contributed by atoms with Crippen LogP contribution in [0, 0.1) is 26.2 Å². The van der Waals surface area contributed by atoms with E-state index in [1.807, 2.05) is 6.92 Å². The summed E-state index contributed by atoms with van der Waals surface area (Å²) < 4.78 is 0. The van der Waals surface area contributed by atoms with Crippen LogP contribution in [-0.2, 0) is 0 Å². The third kappa shape index (κ3) is 3.37. The Balaban J connectivity index is 2.91. The number of hydrogen-bond acceptors (Lipinski definition) is 2. The van der Waals surface area contributed by atoms with Gasteiger partial charge in [-0.05, 0) is 26.3 Å². The second-order valence-electron chi connectivity index (χ2n) is 4.26. The molecule has 0 aromatic heterocycles. The first-order valence-electron chi connectivity index (χ1n) is 5.57. The normalized spacial score (nSPS) is 14.2. The SMILES string of the molecule is C#CC(C)NC(CN)c1cc(C)cc(C)c1. The Morgan fingerprint density at radius 1 is 1.31 bits per heavy atom. The molecule has 0 aliphatic heterocycles. The van der Waals surface area contributed by atoms with Gasteiger partial charge in [-0.1, -0.05) is 35.2 Å². The van der Waals surface area contributed by atoms with Crippen molar-refractivity contribution in [2.45, 2.75) is 32.9 Å². The van der Waals surface area contributed by atoms with Crippen molar-refractivity contribution in [2.24, 2.45) is 5.73 Å². The summed E-state index contributed by atoms with van der Waals surface area (Å²) >= 11 is 0. The minimum Gasteiger partial charge on any atom is -0.329 e. The number of nitrogens with two attached hydrogens (primary N) is 1. The fraction of sp³-hybridized carbons (Fsp3) is 0.429.